The molecule has 98 valence electrons. The van der Waals surface area contributed by atoms with Crippen LogP contribution in [-0.2, 0) is 6.42 Å². The maximum atomic E-state index is 11.1. The van der Waals surface area contributed by atoms with E-state index in [1.54, 1.807) is 13.8 Å². The second kappa shape index (κ2) is 5.18. The summed E-state index contributed by atoms with van der Waals surface area (Å²) in [6.07, 6.45) is 0.614. The number of aromatic nitrogens is 2. The fourth-order valence-corrected chi connectivity index (χ4v) is 2.18. The van der Waals surface area contributed by atoms with Gasteiger partial charge in [0.05, 0.1) is 11.4 Å². The van der Waals surface area contributed by atoms with Crippen molar-refractivity contribution >= 4 is 5.97 Å². The molecule has 0 unspecified atom stereocenters. The molecule has 1 heterocycles. The van der Waals surface area contributed by atoms with Gasteiger partial charge in [-0.3, -0.25) is 0 Å². The van der Waals surface area contributed by atoms with Crippen molar-refractivity contribution < 1.29 is 9.90 Å². The van der Waals surface area contributed by atoms with Crippen LogP contribution in [0.4, 0.5) is 0 Å². The van der Waals surface area contributed by atoms with Crippen LogP contribution in [-0.4, -0.2) is 21.0 Å². The maximum absolute atomic E-state index is 11.1. The summed E-state index contributed by atoms with van der Waals surface area (Å²) in [6, 6.07) is 8.13. The van der Waals surface area contributed by atoms with E-state index in [2.05, 4.69) is 16.0 Å². The van der Waals surface area contributed by atoms with Crippen molar-refractivity contribution in [1.29, 1.82) is 0 Å². The first-order valence-electron chi connectivity index (χ1n) is 6.10. The SMILES string of the molecule is Cc1cccc(Cc2nc(C)c(C(=O)O)c(C)n2)c1. The van der Waals surface area contributed by atoms with Crippen LogP contribution in [0.15, 0.2) is 24.3 Å². The molecule has 0 aliphatic heterocycles. The monoisotopic (exact) mass is 256 g/mol. The number of carbonyl (C=O) groups is 1. The number of aryl methyl sites for hydroxylation is 3. The lowest BCUT2D eigenvalue weighted by Crippen LogP contribution is -2.10. The Balaban J connectivity index is 2.35. The summed E-state index contributed by atoms with van der Waals surface area (Å²) in [7, 11) is 0. The zero-order valence-corrected chi connectivity index (χ0v) is 11.3. The van der Waals surface area contributed by atoms with E-state index >= 15 is 0 Å². The van der Waals surface area contributed by atoms with E-state index < -0.39 is 5.97 Å². The molecule has 0 bridgehead atoms. The third-order valence-corrected chi connectivity index (χ3v) is 2.98. The van der Waals surface area contributed by atoms with Crippen LogP contribution in [0.1, 0.15) is 38.7 Å². The van der Waals surface area contributed by atoms with Crippen LogP contribution in [0, 0.1) is 20.8 Å². The Morgan fingerprint density at radius 1 is 1.16 bits per heavy atom. The van der Waals surface area contributed by atoms with Gasteiger partial charge in [-0.05, 0) is 26.3 Å². The molecule has 2 aromatic rings. The highest BCUT2D eigenvalue weighted by atomic mass is 16.4. The molecule has 0 atom stereocenters. The van der Waals surface area contributed by atoms with Crippen LogP contribution in [0.25, 0.3) is 0 Å². The van der Waals surface area contributed by atoms with E-state index in [0.29, 0.717) is 23.6 Å². The molecule has 4 nitrogen and oxygen atoms in total. The van der Waals surface area contributed by atoms with Gasteiger partial charge in [-0.25, -0.2) is 14.8 Å². The summed E-state index contributed by atoms with van der Waals surface area (Å²) in [5.74, 6) is -0.317. The molecular weight excluding hydrogens is 240 g/mol. The molecular formula is C15H16N2O2. The summed E-state index contributed by atoms with van der Waals surface area (Å²) >= 11 is 0. The molecule has 0 amide bonds. The van der Waals surface area contributed by atoms with E-state index in [1.807, 2.05) is 25.1 Å². The average Bonchev–Trinajstić information content (AvgIpc) is 2.27. The number of carboxylic acid groups (broad SMARTS) is 1. The van der Waals surface area contributed by atoms with Crippen molar-refractivity contribution in [3.8, 4) is 0 Å². The highest BCUT2D eigenvalue weighted by Gasteiger charge is 2.14. The first-order chi connectivity index (χ1) is 8.97. The van der Waals surface area contributed by atoms with Gasteiger partial charge in [0.1, 0.15) is 11.4 Å². The lowest BCUT2D eigenvalue weighted by atomic mass is 10.1. The number of aromatic carboxylic acids is 1. The van der Waals surface area contributed by atoms with Crippen molar-refractivity contribution in [2.24, 2.45) is 0 Å². The van der Waals surface area contributed by atoms with Crippen molar-refractivity contribution in [2.75, 3.05) is 0 Å². The minimum absolute atomic E-state index is 0.202. The van der Waals surface area contributed by atoms with E-state index in [0.717, 1.165) is 5.56 Å². The molecule has 0 spiro atoms. The van der Waals surface area contributed by atoms with Gasteiger partial charge in [-0.2, -0.15) is 0 Å². The number of benzene rings is 1. The van der Waals surface area contributed by atoms with Gasteiger partial charge < -0.3 is 5.11 Å². The standard InChI is InChI=1S/C15H16N2O2/c1-9-5-4-6-12(7-9)8-13-16-10(2)14(15(18)19)11(3)17-13/h4-7H,8H2,1-3H3,(H,18,19). The second-order valence-corrected chi connectivity index (χ2v) is 4.66. The lowest BCUT2D eigenvalue weighted by molar-refractivity contribution is 0.0694. The summed E-state index contributed by atoms with van der Waals surface area (Å²) in [5, 5.41) is 9.08. The quantitative estimate of drug-likeness (QED) is 0.917. The molecule has 0 aliphatic rings. The van der Waals surface area contributed by atoms with E-state index in [-0.39, 0.29) is 5.56 Å². The molecule has 0 saturated carbocycles. The van der Waals surface area contributed by atoms with Gasteiger partial charge >= 0.3 is 5.97 Å². The fourth-order valence-electron chi connectivity index (χ4n) is 2.18. The Hall–Kier alpha value is -2.23. The van der Waals surface area contributed by atoms with E-state index in [9.17, 15) is 4.79 Å². The molecule has 19 heavy (non-hydrogen) atoms. The van der Waals surface area contributed by atoms with Crippen LogP contribution in [0.3, 0.4) is 0 Å². The fraction of sp³-hybridized carbons (Fsp3) is 0.267. The Labute approximate surface area is 112 Å². The predicted octanol–water partition coefficient (Wildman–Crippen LogP) is 2.69. The molecule has 0 fully saturated rings. The first kappa shape index (κ1) is 13.2. The summed E-state index contributed by atoms with van der Waals surface area (Å²) in [6.45, 7) is 5.45. The molecule has 2 rings (SSSR count). The highest BCUT2D eigenvalue weighted by molar-refractivity contribution is 5.89. The zero-order chi connectivity index (χ0) is 14.0. The Kier molecular flexibility index (Phi) is 3.60. The molecule has 1 N–H and O–H groups in total. The van der Waals surface area contributed by atoms with Crippen molar-refractivity contribution in [3.63, 3.8) is 0 Å². The van der Waals surface area contributed by atoms with Crippen molar-refractivity contribution in [1.82, 2.24) is 9.97 Å². The number of nitrogens with zero attached hydrogens (tertiary/aromatic N) is 2. The van der Waals surface area contributed by atoms with Gasteiger partial charge in [0.2, 0.25) is 0 Å². The molecule has 0 radical (unpaired) electrons. The smallest absolute Gasteiger partial charge is 0.339 e. The van der Waals surface area contributed by atoms with Gasteiger partial charge in [0.25, 0.3) is 0 Å². The normalized spacial score (nSPS) is 10.5. The summed E-state index contributed by atoms with van der Waals surface area (Å²) in [4.78, 5) is 19.7. The van der Waals surface area contributed by atoms with Crippen LogP contribution in [0.2, 0.25) is 0 Å². The molecule has 1 aromatic carbocycles. The summed E-state index contributed by atoms with van der Waals surface area (Å²) in [5.41, 5.74) is 3.55. The number of carboxylic acids is 1. The Morgan fingerprint density at radius 2 is 1.79 bits per heavy atom. The van der Waals surface area contributed by atoms with Crippen molar-refractivity contribution in [3.05, 3.63) is 58.2 Å². The van der Waals surface area contributed by atoms with Crippen LogP contribution < -0.4 is 0 Å². The minimum atomic E-state index is -0.975. The first-order valence-corrected chi connectivity index (χ1v) is 6.10. The summed E-state index contributed by atoms with van der Waals surface area (Å²) < 4.78 is 0. The predicted molar refractivity (Wildman–Crippen MR) is 72.5 cm³/mol. The Bertz CT molecular complexity index is 613. The number of hydrogen-bond acceptors (Lipinski definition) is 3. The number of rotatable bonds is 3. The van der Waals surface area contributed by atoms with Gasteiger partial charge in [-0.15, -0.1) is 0 Å². The zero-order valence-electron chi connectivity index (χ0n) is 11.3. The topological polar surface area (TPSA) is 63.1 Å². The third kappa shape index (κ3) is 2.96. The third-order valence-electron chi connectivity index (χ3n) is 2.98. The maximum Gasteiger partial charge on any atom is 0.339 e. The van der Waals surface area contributed by atoms with Gasteiger partial charge in [-0.1, -0.05) is 29.8 Å². The second-order valence-electron chi connectivity index (χ2n) is 4.66. The van der Waals surface area contributed by atoms with E-state index in [4.69, 9.17) is 5.11 Å². The van der Waals surface area contributed by atoms with Gasteiger partial charge in [0.15, 0.2) is 0 Å². The lowest BCUT2D eigenvalue weighted by Gasteiger charge is -2.08. The van der Waals surface area contributed by atoms with E-state index in [1.165, 1.54) is 5.56 Å². The molecule has 1 aromatic heterocycles. The highest BCUT2D eigenvalue weighted by Crippen LogP contribution is 2.13. The molecule has 0 aliphatic carbocycles. The van der Waals surface area contributed by atoms with Crippen LogP contribution >= 0.6 is 0 Å². The molecule has 0 saturated heterocycles. The largest absolute Gasteiger partial charge is 0.478 e. The molecule has 4 heteroatoms. The van der Waals surface area contributed by atoms with Crippen molar-refractivity contribution in [2.45, 2.75) is 27.2 Å². The van der Waals surface area contributed by atoms with Crippen LogP contribution in [0.5, 0.6) is 0 Å². The minimum Gasteiger partial charge on any atom is -0.478 e. The number of hydrogen-bond donors (Lipinski definition) is 1. The van der Waals surface area contributed by atoms with Gasteiger partial charge in [0, 0.05) is 6.42 Å². The average molecular weight is 256 g/mol. The Morgan fingerprint density at radius 3 is 2.32 bits per heavy atom.